The lowest BCUT2D eigenvalue weighted by molar-refractivity contribution is 0.0938. The first-order chi connectivity index (χ1) is 15.2. The van der Waals surface area contributed by atoms with E-state index in [0.717, 1.165) is 75.4 Å². The summed E-state index contributed by atoms with van der Waals surface area (Å²) < 4.78 is 16.7. The molecule has 5 rings (SSSR count). The Balaban J connectivity index is 1.38. The Bertz CT molecular complexity index is 1050. The molecule has 0 amide bonds. The van der Waals surface area contributed by atoms with Crippen LogP contribution in [0.4, 0.5) is 5.82 Å². The van der Waals surface area contributed by atoms with Crippen molar-refractivity contribution in [2.45, 2.75) is 6.54 Å². The number of furan rings is 1. The van der Waals surface area contributed by atoms with Gasteiger partial charge in [-0.05, 0) is 23.2 Å². The minimum Gasteiger partial charge on any atom is -0.432 e. The van der Waals surface area contributed by atoms with Crippen LogP contribution in [0.2, 0.25) is 5.28 Å². The maximum absolute atomic E-state index is 6.28. The number of aromatic nitrogens is 3. The Kier molecular flexibility index (Phi) is 6.20. The normalized spacial score (nSPS) is 19.0. The first-order valence-corrected chi connectivity index (χ1v) is 11.1. The van der Waals surface area contributed by atoms with Gasteiger partial charge >= 0.3 is 0 Å². The number of pyridine rings is 1. The van der Waals surface area contributed by atoms with Crippen LogP contribution in [0.1, 0.15) is 5.56 Å². The van der Waals surface area contributed by atoms with E-state index >= 15 is 0 Å². The van der Waals surface area contributed by atoms with Crippen LogP contribution in [0.25, 0.3) is 22.2 Å². The maximum atomic E-state index is 6.28. The van der Waals surface area contributed by atoms with E-state index in [9.17, 15) is 0 Å². The second-order valence-corrected chi connectivity index (χ2v) is 8.34. The Morgan fingerprint density at radius 3 is 2.61 bits per heavy atom. The number of hydrogen-bond donors (Lipinski definition) is 0. The van der Waals surface area contributed by atoms with Gasteiger partial charge in [0.15, 0.2) is 11.4 Å². The van der Waals surface area contributed by atoms with E-state index in [4.69, 9.17) is 25.5 Å². The van der Waals surface area contributed by atoms with Gasteiger partial charge in [0.1, 0.15) is 5.52 Å². The van der Waals surface area contributed by atoms with Gasteiger partial charge in [0.05, 0.1) is 25.2 Å². The number of nitrogens with zero attached hydrogens (tertiary/aromatic N) is 6. The summed E-state index contributed by atoms with van der Waals surface area (Å²) in [5.41, 5.74) is 3.06. The number of halogens is 1. The smallest absolute Gasteiger partial charge is 0.229 e. The number of hydrogen-bond acceptors (Lipinski definition) is 9. The summed E-state index contributed by atoms with van der Waals surface area (Å²) in [4.78, 5) is 20.5. The van der Waals surface area contributed by atoms with Crippen molar-refractivity contribution in [2.75, 3.05) is 77.6 Å². The lowest BCUT2D eigenvalue weighted by atomic mass is 10.2. The molecule has 0 atom stereocenters. The number of rotatable bonds is 6. The Hall–Kier alpha value is -2.04. The standard InChI is InChI=1S/C21H27ClN6O3/c1-29-9-6-26-2-4-27(5-3-26)14-15-12-16-17-18(31-20(16)23-13-15)19(25-21(22)24-17)28-7-10-30-11-8-28/h12-13H,2-11,14H2,1H3. The van der Waals surface area contributed by atoms with Crippen LogP contribution in [-0.2, 0) is 16.0 Å². The van der Waals surface area contributed by atoms with Crippen molar-refractivity contribution < 1.29 is 13.9 Å². The van der Waals surface area contributed by atoms with E-state index in [1.54, 1.807) is 7.11 Å². The van der Waals surface area contributed by atoms with Crippen molar-refractivity contribution in [1.82, 2.24) is 24.8 Å². The van der Waals surface area contributed by atoms with Crippen molar-refractivity contribution in [3.05, 3.63) is 23.1 Å². The van der Waals surface area contributed by atoms with Crippen LogP contribution in [0.3, 0.4) is 0 Å². The van der Waals surface area contributed by atoms with E-state index in [1.165, 1.54) is 0 Å². The summed E-state index contributed by atoms with van der Waals surface area (Å²) in [6.45, 7) is 9.60. The van der Waals surface area contributed by atoms with E-state index in [0.29, 0.717) is 30.3 Å². The molecule has 2 saturated heterocycles. The van der Waals surface area contributed by atoms with Gasteiger partial charge in [-0.25, -0.2) is 9.97 Å². The highest BCUT2D eigenvalue weighted by Crippen LogP contribution is 2.33. The Morgan fingerprint density at radius 1 is 1.06 bits per heavy atom. The lowest BCUT2D eigenvalue weighted by Gasteiger charge is -2.34. The van der Waals surface area contributed by atoms with Gasteiger partial charge in [-0.15, -0.1) is 0 Å². The first kappa shape index (κ1) is 20.8. The molecule has 0 unspecified atom stereocenters. The molecule has 10 heteroatoms. The average Bonchev–Trinajstić information content (AvgIpc) is 3.16. The number of ether oxygens (including phenoxy) is 2. The predicted octanol–water partition coefficient (Wildman–Crippen LogP) is 2.02. The molecule has 0 aromatic carbocycles. The number of fused-ring (bicyclic) bond motifs is 3. The van der Waals surface area contributed by atoms with Crippen LogP contribution in [0, 0.1) is 0 Å². The highest BCUT2D eigenvalue weighted by molar-refractivity contribution is 6.29. The summed E-state index contributed by atoms with van der Waals surface area (Å²) >= 11 is 6.28. The molecule has 3 aromatic rings. The zero-order chi connectivity index (χ0) is 21.2. The molecule has 0 saturated carbocycles. The third kappa shape index (κ3) is 4.47. The minimum atomic E-state index is 0.217. The number of methoxy groups -OCH3 is 1. The van der Waals surface area contributed by atoms with Crippen LogP contribution in [0.5, 0.6) is 0 Å². The Labute approximate surface area is 185 Å². The van der Waals surface area contributed by atoms with E-state index in [2.05, 4.69) is 35.7 Å². The van der Waals surface area contributed by atoms with Crippen molar-refractivity contribution in [3.63, 3.8) is 0 Å². The first-order valence-electron chi connectivity index (χ1n) is 10.7. The molecule has 0 aliphatic carbocycles. The van der Waals surface area contributed by atoms with E-state index in [1.807, 2.05) is 6.20 Å². The molecule has 0 spiro atoms. The van der Waals surface area contributed by atoms with Gasteiger partial charge in [0, 0.05) is 65.7 Å². The second kappa shape index (κ2) is 9.22. The SMILES string of the molecule is COCCN1CCN(Cc2cnc3oc4c(N5CCOCC5)nc(Cl)nc4c3c2)CC1. The summed E-state index contributed by atoms with van der Waals surface area (Å²) in [7, 11) is 1.75. The van der Waals surface area contributed by atoms with Gasteiger partial charge in [-0.1, -0.05) is 0 Å². The number of morpholine rings is 1. The average molecular weight is 447 g/mol. The quantitative estimate of drug-likeness (QED) is 0.528. The zero-order valence-electron chi connectivity index (χ0n) is 17.7. The molecule has 2 fully saturated rings. The monoisotopic (exact) mass is 446 g/mol. The molecule has 0 radical (unpaired) electrons. The van der Waals surface area contributed by atoms with Crippen molar-refractivity contribution in [1.29, 1.82) is 0 Å². The molecule has 2 aliphatic heterocycles. The van der Waals surface area contributed by atoms with Gasteiger partial charge in [0.2, 0.25) is 11.0 Å². The fourth-order valence-corrected chi connectivity index (χ4v) is 4.42. The molecule has 31 heavy (non-hydrogen) atoms. The molecule has 0 bridgehead atoms. The molecule has 3 aromatic heterocycles. The molecule has 166 valence electrons. The summed E-state index contributed by atoms with van der Waals surface area (Å²) in [6.07, 6.45) is 1.89. The van der Waals surface area contributed by atoms with Gasteiger partial charge < -0.3 is 18.8 Å². The fraction of sp³-hybridized carbons (Fsp3) is 0.571. The van der Waals surface area contributed by atoms with Gasteiger partial charge in [-0.3, -0.25) is 9.80 Å². The zero-order valence-corrected chi connectivity index (χ0v) is 18.5. The molecular weight excluding hydrogens is 420 g/mol. The topological polar surface area (TPSA) is 80.0 Å². The number of piperazine rings is 1. The molecule has 2 aliphatic rings. The predicted molar refractivity (Wildman–Crippen MR) is 119 cm³/mol. The summed E-state index contributed by atoms with van der Waals surface area (Å²) in [5.74, 6) is 0.713. The second-order valence-electron chi connectivity index (χ2n) is 8.00. The van der Waals surface area contributed by atoms with Crippen molar-refractivity contribution in [2.24, 2.45) is 0 Å². The summed E-state index contributed by atoms with van der Waals surface area (Å²) in [5, 5.41) is 1.10. The number of anilines is 1. The maximum Gasteiger partial charge on any atom is 0.229 e. The minimum absolute atomic E-state index is 0.217. The van der Waals surface area contributed by atoms with E-state index < -0.39 is 0 Å². The molecule has 5 heterocycles. The molecule has 9 nitrogen and oxygen atoms in total. The van der Waals surface area contributed by atoms with Crippen LogP contribution in [0.15, 0.2) is 16.7 Å². The van der Waals surface area contributed by atoms with Crippen LogP contribution in [-0.4, -0.2) is 97.5 Å². The largest absolute Gasteiger partial charge is 0.432 e. The third-order valence-corrected chi connectivity index (χ3v) is 6.14. The van der Waals surface area contributed by atoms with E-state index in [-0.39, 0.29) is 5.28 Å². The van der Waals surface area contributed by atoms with Crippen LogP contribution >= 0.6 is 11.6 Å². The summed E-state index contributed by atoms with van der Waals surface area (Å²) in [6, 6.07) is 2.12. The van der Waals surface area contributed by atoms with Crippen molar-refractivity contribution in [3.8, 4) is 0 Å². The Morgan fingerprint density at radius 2 is 1.84 bits per heavy atom. The van der Waals surface area contributed by atoms with Crippen LogP contribution < -0.4 is 4.90 Å². The third-order valence-electron chi connectivity index (χ3n) is 5.98. The highest BCUT2D eigenvalue weighted by Gasteiger charge is 2.23. The highest BCUT2D eigenvalue weighted by atomic mass is 35.5. The van der Waals surface area contributed by atoms with Gasteiger partial charge in [0.25, 0.3) is 0 Å². The van der Waals surface area contributed by atoms with Crippen molar-refractivity contribution >= 4 is 39.6 Å². The lowest BCUT2D eigenvalue weighted by Crippen LogP contribution is -2.46. The van der Waals surface area contributed by atoms with Gasteiger partial charge in [-0.2, -0.15) is 4.98 Å². The molecular formula is C21H27ClN6O3. The molecule has 0 N–H and O–H groups in total. The fourth-order valence-electron chi connectivity index (χ4n) is 4.26.